The Bertz CT molecular complexity index is 1070. The Morgan fingerprint density at radius 2 is 0.982 bits per heavy atom. The van der Waals surface area contributed by atoms with Gasteiger partial charge < -0.3 is 28.8 Å². The summed E-state index contributed by atoms with van der Waals surface area (Å²) in [6, 6.07) is -0.913. The third-order valence-electron chi connectivity index (χ3n) is 10.2. The van der Waals surface area contributed by atoms with Gasteiger partial charge >= 0.3 is 0 Å². The lowest BCUT2D eigenvalue weighted by Gasteiger charge is -2.29. The molecule has 2 N–H and O–H groups in total. The van der Waals surface area contributed by atoms with E-state index >= 15 is 0 Å². The first-order chi connectivity index (χ1) is 27.5. The number of aliphatic hydroxyl groups excluding tert-OH is 1. The summed E-state index contributed by atoms with van der Waals surface area (Å²) < 4.78 is 23.2. The second-order valence-corrected chi connectivity index (χ2v) is 18.5. The Morgan fingerprint density at radius 1 is 0.596 bits per heavy atom. The van der Waals surface area contributed by atoms with Crippen LogP contribution in [0, 0.1) is 0 Å². The molecular formula is C48H91N2O6P. The van der Waals surface area contributed by atoms with Crippen LogP contribution >= 0.6 is 7.82 Å². The molecule has 3 unspecified atom stereocenters. The third-order valence-corrected chi connectivity index (χ3v) is 11.2. The van der Waals surface area contributed by atoms with E-state index in [1.807, 2.05) is 27.2 Å². The number of phosphoric ester groups is 1. The van der Waals surface area contributed by atoms with Crippen LogP contribution in [-0.2, 0) is 18.4 Å². The lowest BCUT2D eigenvalue weighted by Crippen LogP contribution is -2.45. The number of hydrogen-bond donors (Lipinski definition) is 2. The van der Waals surface area contributed by atoms with Gasteiger partial charge in [-0.05, 0) is 70.6 Å². The predicted octanol–water partition coefficient (Wildman–Crippen LogP) is 12.6. The van der Waals surface area contributed by atoms with E-state index in [0.717, 1.165) is 64.2 Å². The van der Waals surface area contributed by atoms with Crippen LogP contribution in [-0.4, -0.2) is 68.5 Å². The van der Waals surface area contributed by atoms with Crippen LogP contribution in [0.15, 0.2) is 48.6 Å². The molecule has 0 spiro atoms. The van der Waals surface area contributed by atoms with Crippen molar-refractivity contribution in [2.45, 2.75) is 212 Å². The Kier molecular flexibility index (Phi) is 38.8. The van der Waals surface area contributed by atoms with E-state index in [2.05, 4.69) is 55.6 Å². The highest BCUT2D eigenvalue weighted by atomic mass is 31.2. The summed E-state index contributed by atoms with van der Waals surface area (Å²) in [6.07, 6.45) is 50.3. The smallest absolute Gasteiger partial charge is 0.268 e. The molecule has 0 bridgehead atoms. The van der Waals surface area contributed by atoms with Crippen molar-refractivity contribution in [1.82, 2.24) is 5.32 Å². The Hall–Kier alpha value is -1.54. The average molecular weight is 823 g/mol. The van der Waals surface area contributed by atoms with E-state index in [0.29, 0.717) is 17.4 Å². The fraction of sp³-hybridized carbons (Fsp3) is 0.812. The molecule has 0 fully saturated rings. The van der Waals surface area contributed by atoms with Crippen LogP contribution in [0.4, 0.5) is 0 Å². The summed E-state index contributed by atoms with van der Waals surface area (Å²) in [7, 11) is 1.23. The molecule has 3 atom stereocenters. The molecular weight excluding hydrogens is 732 g/mol. The molecule has 0 aliphatic rings. The number of hydrogen-bond acceptors (Lipinski definition) is 6. The molecule has 9 heteroatoms. The maximum atomic E-state index is 12.8. The lowest BCUT2D eigenvalue weighted by molar-refractivity contribution is -0.870. The molecule has 0 rings (SSSR count). The monoisotopic (exact) mass is 823 g/mol. The van der Waals surface area contributed by atoms with Gasteiger partial charge in [-0.15, -0.1) is 0 Å². The topological polar surface area (TPSA) is 108 Å². The second-order valence-electron chi connectivity index (χ2n) is 17.1. The minimum atomic E-state index is -4.60. The van der Waals surface area contributed by atoms with Crippen LogP contribution in [0.3, 0.4) is 0 Å². The minimum Gasteiger partial charge on any atom is -0.756 e. The zero-order valence-electron chi connectivity index (χ0n) is 37.8. The van der Waals surface area contributed by atoms with Crippen molar-refractivity contribution in [3.8, 4) is 0 Å². The summed E-state index contributed by atoms with van der Waals surface area (Å²) in [4.78, 5) is 25.3. The van der Waals surface area contributed by atoms with Gasteiger partial charge in [-0.1, -0.05) is 172 Å². The fourth-order valence-corrected chi connectivity index (χ4v) is 7.19. The van der Waals surface area contributed by atoms with Crippen molar-refractivity contribution >= 4 is 13.7 Å². The number of carbonyl (C=O) groups is 1. The number of quaternary nitrogens is 1. The lowest BCUT2D eigenvalue weighted by atomic mass is 10.0. The van der Waals surface area contributed by atoms with Gasteiger partial charge in [0.1, 0.15) is 13.2 Å². The Labute approximate surface area is 352 Å². The van der Waals surface area contributed by atoms with Gasteiger partial charge in [0.2, 0.25) is 5.91 Å². The molecule has 0 aromatic rings. The molecule has 0 radical (unpaired) electrons. The van der Waals surface area contributed by atoms with Crippen LogP contribution in [0.25, 0.3) is 0 Å². The van der Waals surface area contributed by atoms with E-state index in [9.17, 15) is 19.4 Å². The van der Waals surface area contributed by atoms with Crippen LogP contribution < -0.4 is 10.2 Å². The van der Waals surface area contributed by atoms with Crippen molar-refractivity contribution in [3.63, 3.8) is 0 Å². The minimum absolute atomic E-state index is 0.0115. The van der Waals surface area contributed by atoms with Gasteiger partial charge in [0.25, 0.3) is 7.82 Å². The number of amides is 1. The van der Waals surface area contributed by atoms with Crippen molar-refractivity contribution in [3.05, 3.63) is 48.6 Å². The van der Waals surface area contributed by atoms with Crippen molar-refractivity contribution in [2.75, 3.05) is 40.9 Å². The van der Waals surface area contributed by atoms with Crippen LogP contribution in [0.1, 0.15) is 200 Å². The standard InChI is InChI=1S/C48H91N2O6P/c1-6-8-10-12-14-16-18-20-21-22-23-24-25-26-27-28-30-31-33-35-37-39-41-47(51)46(45-56-57(53,54)55-44-43-50(3,4)5)49-48(52)42-40-38-36-34-32-29-19-17-15-13-11-9-7-2/h17,19,26-27,31,33,39,41,46-47,51H,6-16,18,20-25,28-30,32,34-38,40,42-45H2,1-5H3,(H-,49,52,53,54)/b19-17-,27-26+,33-31+,41-39+. The molecule has 0 saturated heterocycles. The van der Waals surface area contributed by atoms with Crippen molar-refractivity contribution < 1.29 is 32.9 Å². The number of aliphatic hydroxyl groups is 1. The summed E-state index contributed by atoms with van der Waals surface area (Å²) in [5.74, 6) is -0.222. The quantitative estimate of drug-likeness (QED) is 0.0275. The third kappa shape index (κ3) is 42.4. The number of nitrogens with one attached hydrogen (secondary N) is 1. The van der Waals surface area contributed by atoms with Gasteiger partial charge in [-0.2, -0.15) is 0 Å². The summed E-state index contributed by atoms with van der Waals surface area (Å²) >= 11 is 0. The molecule has 334 valence electrons. The first-order valence-corrected chi connectivity index (χ1v) is 25.0. The molecule has 8 nitrogen and oxygen atoms in total. The molecule has 1 amide bonds. The zero-order valence-corrected chi connectivity index (χ0v) is 38.7. The number of allylic oxidation sites excluding steroid dienone is 7. The van der Waals surface area contributed by atoms with E-state index in [-0.39, 0.29) is 12.5 Å². The van der Waals surface area contributed by atoms with Gasteiger partial charge in [0.15, 0.2) is 0 Å². The van der Waals surface area contributed by atoms with E-state index < -0.39 is 26.6 Å². The number of rotatable bonds is 42. The zero-order chi connectivity index (χ0) is 42.1. The van der Waals surface area contributed by atoms with E-state index in [1.165, 1.54) is 116 Å². The fourth-order valence-electron chi connectivity index (χ4n) is 6.47. The number of likely N-dealkylation sites (N-methyl/N-ethyl adjacent to an activating group) is 1. The SMILES string of the molecule is CCCCCC/C=C\CCCCCCCC(=O)NC(COP(=O)([O-])OCC[N+](C)(C)C)C(O)/C=C/CC/C=C/CC/C=C/CCCCCCCCCCCCCC. The van der Waals surface area contributed by atoms with E-state index in [1.54, 1.807) is 6.08 Å². The van der Waals surface area contributed by atoms with Gasteiger partial charge in [0, 0.05) is 6.42 Å². The Morgan fingerprint density at radius 3 is 1.44 bits per heavy atom. The summed E-state index contributed by atoms with van der Waals surface area (Å²) in [5.41, 5.74) is 0. The first kappa shape index (κ1) is 55.5. The average Bonchev–Trinajstić information content (AvgIpc) is 3.16. The number of nitrogens with zero attached hydrogens (tertiary/aromatic N) is 1. The molecule has 0 saturated carbocycles. The normalized spacial score (nSPS) is 14.7. The molecule has 57 heavy (non-hydrogen) atoms. The number of unbranched alkanes of at least 4 members (excludes halogenated alkanes) is 23. The van der Waals surface area contributed by atoms with Gasteiger partial charge in [-0.25, -0.2) is 0 Å². The molecule has 0 aromatic carbocycles. The largest absolute Gasteiger partial charge is 0.756 e. The maximum absolute atomic E-state index is 12.8. The molecule has 0 aliphatic carbocycles. The number of phosphoric acid groups is 1. The van der Waals surface area contributed by atoms with E-state index in [4.69, 9.17) is 9.05 Å². The molecule has 0 aromatic heterocycles. The summed E-state index contributed by atoms with van der Waals surface area (Å²) in [5, 5.41) is 13.8. The highest BCUT2D eigenvalue weighted by Gasteiger charge is 2.23. The van der Waals surface area contributed by atoms with Crippen molar-refractivity contribution in [1.29, 1.82) is 0 Å². The van der Waals surface area contributed by atoms with Crippen LogP contribution in [0.2, 0.25) is 0 Å². The van der Waals surface area contributed by atoms with Crippen molar-refractivity contribution in [2.24, 2.45) is 0 Å². The molecule has 0 heterocycles. The highest BCUT2D eigenvalue weighted by molar-refractivity contribution is 7.45. The van der Waals surface area contributed by atoms with Gasteiger partial charge in [0.05, 0.1) is 39.9 Å². The highest BCUT2D eigenvalue weighted by Crippen LogP contribution is 2.38. The summed E-state index contributed by atoms with van der Waals surface area (Å²) in [6.45, 7) is 4.59. The van der Waals surface area contributed by atoms with Gasteiger partial charge in [-0.3, -0.25) is 9.36 Å². The van der Waals surface area contributed by atoms with Crippen LogP contribution in [0.5, 0.6) is 0 Å². The predicted molar refractivity (Wildman–Crippen MR) is 242 cm³/mol. The number of carbonyl (C=O) groups excluding carboxylic acids is 1. The maximum Gasteiger partial charge on any atom is 0.268 e. The first-order valence-electron chi connectivity index (χ1n) is 23.5. The second kappa shape index (κ2) is 39.9. The Balaban J connectivity index is 4.45. The molecule has 0 aliphatic heterocycles.